The zero-order chi connectivity index (χ0) is 17.1. The van der Waals surface area contributed by atoms with E-state index in [1.807, 2.05) is 0 Å². The number of nitrogens with zero attached hydrogens (tertiary/aromatic N) is 2. The Balaban J connectivity index is 1.82. The van der Waals surface area contributed by atoms with Gasteiger partial charge in [0, 0.05) is 5.56 Å². The summed E-state index contributed by atoms with van der Waals surface area (Å²) in [7, 11) is 0. The summed E-state index contributed by atoms with van der Waals surface area (Å²) >= 11 is 0. The summed E-state index contributed by atoms with van der Waals surface area (Å²) in [5.74, 6) is 0.391. The first-order valence-corrected chi connectivity index (χ1v) is 7.63. The SMILES string of the molecule is Cc1cc(-c2cn3ncc(C4CC4)c3c(=O)[nH]2)ccc1C(F)(F)F. The van der Waals surface area contributed by atoms with Crippen molar-refractivity contribution < 1.29 is 13.2 Å². The van der Waals surface area contributed by atoms with Crippen LogP contribution >= 0.6 is 0 Å². The Hall–Kier alpha value is -2.57. The maximum Gasteiger partial charge on any atom is 0.416 e. The van der Waals surface area contributed by atoms with Crippen molar-refractivity contribution in [2.24, 2.45) is 0 Å². The Labute approximate surface area is 134 Å². The zero-order valence-electron chi connectivity index (χ0n) is 12.8. The van der Waals surface area contributed by atoms with Crippen molar-refractivity contribution in [3.8, 4) is 11.3 Å². The van der Waals surface area contributed by atoms with Gasteiger partial charge < -0.3 is 4.98 Å². The molecule has 1 aromatic carbocycles. The van der Waals surface area contributed by atoms with E-state index >= 15 is 0 Å². The Morgan fingerprint density at radius 2 is 2.04 bits per heavy atom. The summed E-state index contributed by atoms with van der Waals surface area (Å²) in [5, 5.41) is 4.22. The van der Waals surface area contributed by atoms with E-state index < -0.39 is 11.7 Å². The lowest BCUT2D eigenvalue weighted by atomic mass is 10.0. The van der Waals surface area contributed by atoms with Crippen molar-refractivity contribution in [2.75, 3.05) is 0 Å². The molecule has 1 aliphatic rings. The highest BCUT2D eigenvalue weighted by Crippen LogP contribution is 2.41. The molecule has 1 aliphatic carbocycles. The highest BCUT2D eigenvalue weighted by atomic mass is 19.4. The van der Waals surface area contributed by atoms with Gasteiger partial charge in [-0.1, -0.05) is 6.07 Å². The van der Waals surface area contributed by atoms with Crippen LogP contribution in [0.2, 0.25) is 0 Å². The summed E-state index contributed by atoms with van der Waals surface area (Å²) in [4.78, 5) is 15.2. The number of hydrogen-bond acceptors (Lipinski definition) is 2. The van der Waals surface area contributed by atoms with Crippen LogP contribution < -0.4 is 5.56 Å². The summed E-state index contributed by atoms with van der Waals surface area (Å²) in [6.07, 6.45) is 1.07. The Morgan fingerprint density at radius 1 is 1.29 bits per heavy atom. The third-order valence-electron chi connectivity index (χ3n) is 4.40. The second kappa shape index (κ2) is 4.96. The molecular formula is C17H14F3N3O. The predicted molar refractivity (Wildman–Crippen MR) is 83.0 cm³/mol. The van der Waals surface area contributed by atoms with Gasteiger partial charge in [0.05, 0.1) is 23.7 Å². The third kappa shape index (κ3) is 2.40. The lowest BCUT2D eigenvalue weighted by Crippen LogP contribution is -2.12. The van der Waals surface area contributed by atoms with Gasteiger partial charge in [-0.15, -0.1) is 0 Å². The number of aromatic nitrogens is 3. The van der Waals surface area contributed by atoms with Crippen LogP contribution in [0.3, 0.4) is 0 Å². The van der Waals surface area contributed by atoms with Crippen LogP contribution in [0.5, 0.6) is 0 Å². The number of halogens is 3. The predicted octanol–water partition coefficient (Wildman–Crippen LogP) is 3.89. The molecule has 7 heteroatoms. The molecule has 4 rings (SSSR count). The van der Waals surface area contributed by atoms with Crippen LogP contribution in [0.15, 0.2) is 35.4 Å². The molecule has 1 saturated carbocycles. The lowest BCUT2D eigenvalue weighted by Gasteiger charge is -2.11. The van der Waals surface area contributed by atoms with Gasteiger partial charge in [-0.25, -0.2) is 4.52 Å². The van der Waals surface area contributed by atoms with Crippen LogP contribution in [0.1, 0.15) is 35.4 Å². The summed E-state index contributed by atoms with van der Waals surface area (Å²) < 4.78 is 40.1. The molecule has 0 atom stereocenters. The highest BCUT2D eigenvalue weighted by Gasteiger charge is 2.32. The van der Waals surface area contributed by atoms with Crippen molar-refractivity contribution in [3.05, 3.63) is 57.6 Å². The van der Waals surface area contributed by atoms with Crippen molar-refractivity contribution in [3.63, 3.8) is 0 Å². The van der Waals surface area contributed by atoms with Gasteiger partial charge in [0.25, 0.3) is 5.56 Å². The summed E-state index contributed by atoms with van der Waals surface area (Å²) in [6, 6.07) is 3.81. The topological polar surface area (TPSA) is 50.2 Å². The molecule has 3 aromatic rings. The Bertz CT molecular complexity index is 996. The van der Waals surface area contributed by atoms with E-state index in [4.69, 9.17) is 0 Å². The van der Waals surface area contributed by atoms with Gasteiger partial charge in [0.15, 0.2) is 0 Å². The number of H-pyrrole nitrogens is 1. The van der Waals surface area contributed by atoms with Gasteiger partial charge in [-0.3, -0.25) is 4.79 Å². The Kier molecular flexibility index (Phi) is 3.10. The van der Waals surface area contributed by atoms with E-state index in [9.17, 15) is 18.0 Å². The van der Waals surface area contributed by atoms with Crippen LogP contribution in [-0.4, -0.2) is 14.6 Å². The smallest absolute Gasteiger partial charge is 0.319 e. The molecule has 0 bridgehead atoms. The molecule has 0 aliphatic heterocycles. The number of fused-ring (bicyclic) bond motifs is 1. The normalized spacial score (nSPS) is 15.2. The van der Waals surface area contributed by atoms with E-state index in [0.29, 0.717) is 22.7 Å². The van der Waals surface area contributed by atoms with Gasteiger partial charge in [0.1, 0.15) is 5.52 Å². The summed E-state index contributed by atoms with van der Waals surface area (Å²) in [6.45, 7) is 1.40. The Morgan fingerprint density at radius 3 is 2.67 bits per heavy atom. The van der Waals surface area contributed by atoms with Crippen molar-refractivity contribution in [1.82, 2.24) is 14.6 Å². The molecular weight excluding hydrogens is 319 g/mol. The lowest BCUT2D eigenvalue weighted by molar-refractivity contribution is -0.138. The molecule has 1 N–H and O–H groups in total. The molecule has 0 spiro atoms. The maximum atomic E-state index is 12.9. The van der Waals surface area contributed by atoms with Gasteiger partial charge in [-0.2, -0.15) is 18.3 Å². The van der Waals surface area contributed by atoms with Crippen molar-refractivity contribution in [2.45, 2.75) is 31.9 Å². The van der Waals surface area contributed by atoms with Gasteiger partial charge in [-0.05, 0) is 48.9 Å². The van der Waals surface area contributed by atoms with Gasteiger partial charge in [0.2, 0.25) is 0 Å². The van der Waals surface area contributed by atoms with Crippen molar-refractivity contribution in [1.29, 1.82) is 0 Å². The van der Waals surface area contributed by atoms with Crippen LogP contribution in [0, 0.1) is 6.92 Å². The van der Waals surface area contributed by atoms with E-state index in [2.05, 4.69) is 10.1 Å². The molecule has 24 heavy (non-hydrogen) atoms. The molecule has 0 radical (unpaired) electrons. The second-order valence-corrected chi connectivity index (χ2v) is 6.19. The molecule has 1 fully saturated rings. The maximum absolute atomic E-state index is 12.9. The van der Waals surface area contributed by atoms with Crippen molar-refractivity contribution >= 4 is 5.52 Å². The highest BCUT2D eigenvalue weighted by molar-refractivity contribution is 5.64. The number of aromatic amines is 1. The monoisotopic (exact) mass is 333 g/mol. The number of nitrogens with one attached hydrogen (secondary N) is 1. The minimum Gasteiger partial charge on any atom is -0.319 e. The number of hydrogen-bond donors (Lipinski definition) is 1. The molecule has 0 unspecified atom stereocenters. The van der Waals surface area contributed by atoms with E-state index in [0.717, 1.165) is 24.5 Å². The fourth-order valence-electron chi connectivity index (χ4n) is 3.03. The molecule has 0 amide bonds. The number of rotatable bonds is 2. The number of benzene rings is 1. The minimum atomic E-state index is -4.39. The minimum absolute atomic E-state index is 0.111. The van der Waals surface area contributed by atoms with Crippen LogP contribution in [0.25, 0.3) is 16.8 Å². The number of alkyl halides is 3. The van der Waals surface area contributed by atoms with E-state index in [-0.39, 0.29) is 11.1 Å². The molecule has 124 valence electrons. The second-order valence-electron chi connectivity index (χ2n) is 6.19. The van der Waals surface area contributed by atoms with Crippen LogP contribution in [-0.2, 0) is 6.18 Å². The molecule has 2 aromatic heterocycles. The quantitative estimate of drug-likeness (QED) is 0.773. The van der Waals surface area contributed by atoms with E-state index in [1.165, 1.54) is 23.6 Å². The fraction of sp³-hybridized carbons (Fsp3) is 0.294. The van der Waals surface area contributed by atoms with Gasteiger partial charge >= 0.3 is 6.18 Å². The first-order valence-electron chi connectivity index (χ1n) is 7.63. The average Bonchev–Trinajstić information content (AvgIpc) is 3.25. The summed E-state index contributed by atoms with van der Waals surface area (Å²) in [5.41, 5.74) is 1.57. The zero-order valence-corrected chi connectivity index (χ0v) is 12.8. The largest absolute Gasteiger partial charge is 0.416 e. The number of aryl methyl sites for hydroxylation is 1. The van der Waals surface area contributed by atoms with Crippen LogP contribution in [0.4, 0.5) is 13.2 Å². The molecule has 4 nitrogen and oxygen atoms in total. The average molecular weight is 333 g/mol. The fourth-order valence-corrected chi connectivity index (χ4v) is 3.03. The standard InChI is InChI=1S/C17H14F3N3O/c1-9-6-11(4-5-13(9)17(18,19)20)14-8-23-15(16(24)22-14)12(7-21-23)10-2-3-10/h4-8,10H,2-3H2,1H3,(H,22,24). The third-order valence-corrected chi connectivity index (χ3v) is 4.40. The first kappa shape index (κ1) is 15.0. The first-order chi connectivity index (χ1) is 11.3. The van der Waals surface area contributed by atoms with E-state index in [1.54, 1.807) is 12.4 Å². The molecule has 0 saturated heterocycles. The molecule has 2 heterocycles.